The van der Waals surface area contributed by atoms with Crippen LogP contribution in [0.3, 0.4) is 0 Å². The number of fused-ring (bicyclic) bond motifs is 1. The Kier molecular flexibility index (Phi) is 7.43. The molecule has 3 rings (SSSR count). The second-order valence-electron chi connectivity index (χ2n) is 6.64. The third kappa shape index (κ3) is 5.48. The number of benzene rings is 1. The van der Waals surface area contributed by atoms with E-state index >= 15 is 0 Å². The Balaban J connectivity index is 1.91. The van der Waals surface area contributed by atoms with Gasteiger partial charge in [0.1, 0.15) is 42.0 Å². The lowest BCUT2D eigenvalue weighted by molar-refractivity contribution is -0.205. The Labute approximate surface area is 181 Å². The molecule has 0 aliphatic carbocycles. The summed E-state index contributed by atoms with van der Waals surface area (Å²) >= 11 is 0.677. The van der Waals surface area contributed by atoms with E-state index in [0.717, 1.165) is 10.9 Å². The van der Waals surface area contributed by atoms with Gasteiger partial charge in [-0.1, -0.05) is 35.1 Å². The van der Waals surface area contributed by atoms with Crippen LogP contribution in [0.4, 0.5) is 0 Å². The molecule has 1 aromatic carbocycles. The third-order valence-electron chi connectivity index (χ3n) is 4.63. The normalized spacial score (nSPS) is 27.4. The van der Waals surface area contributed by atoms with Crippen LogP contribution < -0.4 is 4.84 Å². The SMILES string of the molecule is COn1cc(CC(=NOS(=O)(=O)[O-])S[C@@H]2O[C@H](CO)[C@@H](O)[C@H](O)[C@H]2O)c2ccccc21. The predicted octanol–water partition coefficient (Wildman–Crippen LogP) is -1.43. The number of aromatic nitrogens is 1. The Hall–Kier alpha value is -1.91. The van der Waals surface area contributed by atoms with Crippen LogP contribution >= 0.6 is 11.8 Å². The zero-order chi connectivity index (χ0) is 22.8. The van der Waals surface area contributed by atoms with Crippen LogP contribution in [0.1, 0.15) is 5.56 Å². The summed E-state index contributed by atoms with van der Waals surface area (Å²) in [5.74, 6) is 0. The minimum Gasteiger partial charge on any atom is -0.714 e. The van der Waals surface area contributed by atoms with Crippen LogP contribution in [0.2, 0.25) is 0 Å². The molecule has 1 aliphatic heterocycles. The van der Waals surface area contributed by atoms with E-state index in [2.05, 4.69) is 9.44 Å². The second kappa shape index (κ2) is 9.70. The first-order valence-corrected chi connectivity index (χ1v) is 11.2. The summed E-state index contributed by atoms with van der Waals surface area (Å²) in [6.07, 6.45) is -4.39. The monoisotopic (exact) mass is 477 g/mol. The van der Waals surface area contributed by atoms with Gasteiger partial charge in [0.05, 0.1) is 12.1 Å². The summed E-state index contributed by atoms with van der Waals surface area (Å²) in [7, 11) is -3.70. The van der Waals surface area contributed by atoms with Gasteiger partial charge < -0.3 is 34.6 Å². The highest BCUT2D eigenvalue weighted by molar-refractivity contribution is 8.14. The number of para-hydroxylation sites is 1. The first-order chi connectivity index (χ1) is 14.6. The summed E-state index contributed by atoms with van der Waals surface area (Å²) in [4.78, 5) is 5.26. The van der Waals surface area contributed by atoms with Crippen LogP contribution in [0.5, 0.6) is 0 Å². The molecule has 1 aliphatic rings. The van der Waals surface area contributed by atoms with Gasteiger partial charge in [0.2, 0.25) is 0 Å². The van der Waals surface area contributed by atoms with E-state index in [1.165, 1.54) is 11.8 Å². The van der Waals surface area contributed by atoms with Crippen LogP contribution in [0, 0.1) is 0 Å². The van der Waals surface area contributed by atoms with E-state index in [1.807, 2.05) is 0 Å². The third-order valence-corrected chi connectivity index (χ3v) is 6.00. The maximum absolute atomic E-state index is 10.9. The van der Waals surface area contributed by atoms with Crippen LogP contribution in [0.25, 0.3) is 10.9 Å². The summed E-state index contributed by atoms with van der Waals surface area (Å²) in [6, 6.07) is 7.17. The molecule has 4 N–H and O–H groups in total. The molecule has 0 spiro atoms. The van der Waals surface area contributed by atoms with Crippen molar-refractivity contribution in [1.82, 2.24) is 4.73 Å². The van der Waals surface area contributed by atoms with Gasteiger partial charge in [-0.25, -0.2) is 0 Å². The Morgan fingerprint density at radius 2 is 1.97 bits per heavy atom. The molecule has 14 heteroatoms. The topological polar surface area (TPSA) is 183 Å². The first kappa shape index (κ1) is 23.7. The van der Waals surface area contributed by atoms with Crippen molar-refractivity contribution in [3.63, 3.8) is 0 Å². The van der Waals surface area contributed by atoms with Gasteiger partial charge >= 0.3 is 0 Å². The number of aliphatic hydroxyl groups is 4. The highest BCUT2D eigenvalue weighted by Crippen LogP contribution is 2.31. The number of thioether (sulfide) groups is 1. The van der Waals surface area contributed by atoms with Gasteiger partial charge in [0.25, 0.3) is 10.4 Å². The van der Waals surface area contributed by atoms with E-state index < -0.39 is 46.9 Å². The zero-order valence-electron chi connectivity index (χ0n) is 16.1. The minimum absolute atomic E-state index is 0.0495. The smallest absolute Gasteiger partial charge is 0.284 e. The molecule has 2 aromatic rings. The van der Waals surface area contributed by atoms with E-state index in [-0.39, 0.29) is 11.5 Å². The average Bonchev–Trinajstić information content (AvgIpc) is 3.09. The van der Waals surface area contributed by atoms with E-state index in [4.69, 9.17) is 9.57 Å². The summed E-state index contributed by atoms with van der Waals surface area (Å²) < 4.78 is 43.6. The van der Waals surface area contributed by atoms with E-state index in [1.54, 1.807) is 30.5 Å². The summed E-state index contributed by atoms with van der Waals surface area (Å²) in [6.45, 7) is -0.638. The van der Waals surface area contributed by atoms with Crippen molar-refractivity contribution in [2.75, 3.05) is 13.7 Å². The molecule has 31 heavy (non-hydrogen) atoms. The fraction of sp³-hybridized carbons (Fsp3) is 0.471. The summed E-state index contributed by atoms with van der Waals surface area (Å²) in [5.41, 5.74) is 0.0952. The second-order valence-corrected chi connectivity index (χ2v) is 8.78. The lowest BCUT2D eigenvalue weighted by Gasteiger charge is -2.39. The van der Waals surface area contributed by atoms with Gasteiger partial charge in [-0.15, -0.1) is 0 Å². The standard InChI is InChI=1S/C17H22N2O10S2/c1-27-19-7-9(10-4-2-3-5-11(10)19)6-13(18-29-31(24,25)26)30-17-16(23)15(22)14(21)12(8-20)28-17/h2-5,7,12,14-17,20-23H,6,8H2,1H3,(H,24,25,26)/p-1/t12-,14-,15+,16-,17+/m1/s1. The van der Waals surface area contributed by atoms with E-state index in [0.29, 0.717) is 17.3 Å². The van der Waals surface area contributed by atoms with Crippen LogP contribution in [-0.2, 0) is 25.8 Å². The number of hydrogen-bond acceptors (Lipinski definition) is 12. The fourth-order valence-electron chi connectivity index (χ4n) is 3.15. The molecule has 172 valence electrons. The first-order valence-electron chi connectivity index (χ1n) is 8.96. The fourth-order valence-corrected chi connectivity index (χ4v) is 4.47. The van der Waals surface area contributed by atoms with Crippen molar-refractivity contribution >= 4 is 38.1 Å². The Bertz CT molecular complexity index is 1040. The van der Waals surface area contributed by atoms with Gasteiger partial charge in [-0.3, -0.25) is 4.28 Å². The number of oxime groups is 1. The van der Waals surface area contributed by atoms with Crippen molar-refractivity contribution < 1.29 is 47.3 Å². The summed E-state index contributed by atoms with van der Waals surface area (Å²) in [5, 5.41) is 43.5. The lowest BCUT2D eigenvalue weighted by atomic mass is 10.0. The van der Waals surface area contributed by atoms with E-state index in [9.17, 15) is 33.4 Å². The van der Waals surface area contributed by atoms with Gasteiger partial charge in [0, 0.05) is 18.0 Å². The van der Waals surface area contributed by atoms with Crippen molar-refractivity contribution in [2.45, 2.75) is 36.3 Å². The molecule has 2 heterocycles. The highest BCUT2D eigenvalue weighted by atomic mass is 32.3. The molecule has 0 bridgehead atoms. The number of rotatable bonds is 7. The van der Waals surface area contributed by atoms with Gasteiger partial charge in [0.15, 0.2) is 0 Å². The quantitative estimate of drug-likeness (QED) is 0.120. The number of hydrogen-bond donors (Lipinski definition) is 4. The van der Waals surface area contributed by atoms with Crippen LogP contribution in [0.15, 0.2) is 35.6 Å². The van der Waals surface area contributed by atoms with Crippen molar-refractivity contribution in [3.05, 3.63) is 36.0 Å². The Morgan fingerprint density at radius 1 is 1.26 bits per heavy atom. The molecule has 0 saturated carbocycles. The molecule has 0 amide bonds. The molecule has 1 aromatic heterocycles. The molecule has 12 nitrogen and oxygen atoms in total. The Morgan fingerprint density at radius 3 is 2.61 bits per heavy atom. The lowest BCUT2D eigenvalue weighted by Crippen LogP contribution is -2.57. The molecule has 0 unspecified atom stereocenters. The maximum atomic E-state index is 10.9. The van der Waals surface area contributed by atoms with Crippen LogP contribution in [-0.4, -0.2) is 86.7 Å². The predicted molar refractivity (Wildman–Crippen MR) is 108 cm³/mol. The molecule has 5 atom stereocenters. The number of aliphatic hydroxyl groups excluding tert-OH is 4. The van der Waals surface area contributed by atoms with Gasteiger partial charge in [-0.05, 0) is 11.6 Å². The largest absolute Gasteiger partial charge is 0.714 e. The zero-order valence-corrected chi connectivity index (χ0v) is 17.8. The molecule has 0 radical (unpaired) electrons. The van der Waals surface area contributed by atoms with Crippen molar-refractivity contribution in [1.29, 1.82) is 0 Å². The average molecular weight is 477 g/mol. The maximum Gasteiger partial charge on any atom is 0.284 e. The number of ether oxygens (including phenoxy) is 1. The van der Waals surface area contributed by atoms with Crippen molar-refractivity contribution in [2.24, 2.45) is 5.16 Å². The van der Waals surface area contributed by atoms with Crippen molar-refractivity contribution in [3.8, 4) is 0 Å². The molecule has 1 fully saturated rings. The van der Waals surface area contributed by atoms with Gasteiger partial charge in [-0.2, -0.15) is 13.1 Å². The number of nitrogens with zero attached hydrogens (tertiary/aromatic N) is 2. The minimum atomic E-state index is -5.16. The molecule has 1 saturated heterocycles. The molecular formula is C17H21N2O10S2-. The highest BCUT2D eigenvalue weighted by Gasteiger charge is 2.44. The molecular weight excluding hydrogens is 456 g/mol.